The maximum Gasteiger partial charge on any atom is 0.327 e. The predicted molar refractivity (Wildman–Crippen MR) is 128 cm³/mol. The van der Waals surface area contributed by atoms with E-state index in [1.54, 1.807) is 19.1 Å². The quantitative estimate of drug-likeness (QED) is 0.657. The van der Waals surface area contributed by atoms with Gasteiger partial charge in [0.25, 0.3) is 0 Å². The molecule has 4 unspecified atom stereocenters. The van der Waals surface area contributed by atoms with Gasteiger partial charge in [-0.1, -0.05) is 38.3 Å². The van der Waals surface area contributed by atoms with Crippen LogP contribution in [0, 0.1) is 5.92 Å². The van der Waals surface area contributed by atoms with Gasteiger partial charge < -0.3 is 19.7 Å². The van der Waals surface area contributed by atoms with Crippen molar-refractivity contribution >= 4 is 23.5 Å². The number of urea groups is 1. The number of nitrogens with one attached hydrogen (secondary N) is 1. The summed E-state index contributed by atoms with van der Waals surface area (Å²) in [4.78, 5) is 43.4. The van der Waals surface area contributed by atoms with Crippen LogP contribution in [-0.4, -0.2) is 72.7 Å². The van der Waals surface area contributed by atoms with E-state index >= 15 is 0 Å². The second-order valence-electron chi connectivity index (χ2n) is 9.70. The first-order valence-electron chi connectivity index (χ1n) is 12.5. The fraction of sp³-hybridized carbons (Fsp3) is 0.654. The smallest absolute Gasteiger partial charge is 0.327 e. The number of benzene rings is 1. The van der Waals surface area contributed by atoms with Crippen molar-refractivity contribution in [1.29, 1.82) is 0 Å². The standard InChI is InChI=1S/C26H37N3O5/c1-4-17-10-12-18(13-11-17)27-24(30)16-28-21-15-23(34-3)22(33-2)14-20(21)25(31)29(26(28)32)19-8-6-5-7-9-19/h10-13,19-23H,4-9,14-16H2,1-3H3,(H,27,30). The maximum atomic E-state index is 13.7. The Morgan fingerprint density at radius 3 is 2.26 bits per heavy atom. The molecule has 4 amide bonds. The van der Waals surface area contributed by atoms with E-state index in [2.05, 4.69) is 12.2 Å². The highest BCUT2D eigenvalue weighted by Gasteiger charge is 2.53. The van der Waals surface area contributed by atoms with Crippen molar-refractivity contribution in [1.82, 2.24) is 9.80 Å². The highest BCUT2D eigenvalue weighted by atomic mass is 16.5. The van der Waals surface area contributed by atoms with E-state index in [0.29, 0.717) is 18.5 Å². The summed E-state index contributed by atoms with van der Waals surface area (Å²) in [5.41, 5.74) is 1.88. The van der Waals surface area contributed by atoms with Gasteiger partial charge in [-0.2, -0.15) is 0 Å². The molecule has 0 radical (unpaired) electrons. The fourth-order valence-electron chi connectivity index (χ4n) is 5.81. The summed E-state index contributed by atoms with van der Waals surface area (Å²) in [6.45, 7) is 1.98. The third kappa shape index (κ3) is 4.98. The van der Waals surface area contributed by atoms with Crippen molar-refractivity contribution in [3.63, 3.8) is 0 Å². The molecule has 2 aliphatic carbocycles. The predicted octanol–water partition coefficient (Wildman–Crippen LogP) is 3.59. The van der Waals surface area contributed by atoms with Crippen LogP contribution in [0.25, 0.3) is 0 Å². The number of anilines is 1. The van der Waals surface area contributed by atoms with Crippen LogP contribution in [-0.2, 0) is 25.5 Å². The first-order valence-corrected chi connectivity index (χ1v) is 12.5. The van der Waals surface area contributed by atoms with Crippen molar-refractivity contribution in [2.45, 2.75) is 82.6 Å². The molecule has 0 spiro atoms. The lowest BCUT2D eigenvalue weighted by Crippen LogP contribution is -2.68. The number of rotatable bonds is 7. The number of hydrogen-bond donors (Lipinski definition) is 1. The number of carbonyl (C=O) groups is 3. The van der Waals surface area contributed by atoms with E-state index in [1.165, 1.54) is 10.5 Å². The largest absolute Gasteiger partial charge is 0.379 e. The van der Waals surface area contributed by atoms with E-state index in [0.717, 1.165) is 38.5 Å². The second-order valence-corrected chi connectivity index (χ2v) is 9.70. The van der Waals surface area contributed by atoms with E-state index in [9.17, 15) is 14.4 Å². The summed E-state index contributed by atoms with van der Waals surface area (Å²) in [7, 11) is 3.25. The van der Waals surface area contributed by atoms with Crippen LogP contribution in [0.4, 0.5) is 10.5 Å². The van der Waals surface area contributed by atoms with E-state index in [1.807, 2.05) is 24.3 Å². The summed E-state index contributed by atoms with van der Waals surface area (Å²) in [5, 5.41) is 2.92. The summed E-state index contributed by atoms with van der Waals surface area (Å²) >= 11 is 0. The highest BCUT2D eigenvalue weighted by molar-refractivity contribution is 6.02. The fourth-order valence-corrected chi connectivity index (χ4v) is 5.81. The monoisotopic (exact) mass is 471 g/mol. The molecule has 34 heavy (non-hydrogen) atoms. The van der Waals surface area contributed by atoms with Crippen LogP contribution < -0.4 is 5.32 Å². The molecule has 1 aromatic carbocycles. The molecule has 8 nitrogen and oxygen atoms in total. The van der Waals surface area contributed by atoms with Gasteiger partial charge in [-0.25, -0.2) is 4.79 Å². The molecule has 186 valence electrons. The van der Waals surface area contributed by atoms with Crippen molar-refractivity contribution in [3.8, 4) is 0 Å². The summed E-state index contributed by atoms with van der Waals surface area (Å²) in [6.07, 6.45) is 6.22. The first-order chi connectivity index (χ1) is 16.5. The van der Waals surface area contributed by atoms with Crippen LogP contribution in [0.2, 0.25) is 0 Å². The van der Waals surface area contributed by atoms with Crippen molar-refractivity contribution in [3.05, 3.63) is 29.8 Å². The Morgan fingerprint density at radius 1 is 1.00 bits per heavy atom. The van der Waals surface area contributed by atoms with Crippen molar-refractivity contribution < 1.29 is 23.9 Å². The van der Waals surface area contributed by atoms with Gasteiger partial charge in [-0.3, -0.25) is 14.5 Å². The SMILES string of the molecule is CCc1ccc(NC(=O)CN2C(=O)N(C3CCCCC3)C(=O)C3CC(OC)C(OC)CC32)cc1. The molecule has 1 heterocycles. The molecule has 8 heteroatoms. The van der Waals surface area contributed by atoms with Gasteiger partial charge >= 0.3 is 6.03 Å². The minimum atomic E-state index is -0.396. The van der Waals surface area contributed by atoms with Crippen LogP contribution in [0.5, 0.6) is 0 Å². The lowest BCUT2D eigenvalue weighted by atomic mass is 9.77. The van der Waals surface area contributed by atoms with Gasteiger partial charge in [0, 0.05) is 32.0 Å². The van der Waals surface area contributed by atoms with E-state index < -0.39 is 5.92 Å². The molecule has 0 aromatic heterocycles. The zero-order chi connectivity index (χ0) is 24.2. The molecule has 2 saturated carbocycles. The number of carbonyl (C=O) groups excluding carboxylic acids is 3. The lowest BCUT2D eigenvalue weighted by molar-refractivity contribution is -0.155. The number of ether oxygens (including phenoxy) is 2. The van der Waals surface area contributed by atoms with Gasteiger partial charge in [0.15, 0.2) is 0 Å². The van der Waals surface area contributed by atoms with Gasteiger partial charge in [0.05, 0.1) is 18.1 Å². The molecule has 1 N–H and O–H groups in total. The average Bonchev–Trinajstić information content (AvgIpc) is 2.87. The second kappa shape index (κ2) is 10.9. The van der Waals surface area contributed by atoms with E-state index in [-0.39, 0.29) is 48.7 Å². The van der Waals surface area contributed by atoms with Crippen molar-refractivity contribution in [2.24, 2.45) is 5.92 Å². The third-order valence-electron chi connectivity index (χ3n) is 7.75. The van der Waals surface area contributed by atoms with Crippen LogP contribution in [0.15, 0.2) is 24.3 Å². The molecule has 1 saturated heterocycles. The Hall–Kier alpha value is -2.45. The molecule has 3 fully saturated rings. The van der Waals surface area contributed by atoms with Crippen LogP contribution in [0.1, 0.15) is 57.4 Å². The molecule has 4 rings (SSSR count). The Balaban J connectivity index is 1.57. The Bertz CT molecular complexity index is 883. The molecular formula is C26H37N3O5. The molecule has 1 aliphatic heterocycles. The van der Waals surface area contributed by atoms with Crippen LogP contribution >= 0.6 is 0 Å². The van der Waals surface area contributed by atoms with Crippen molar-refractivity contribution in [2.75, 3.05) is 26.1 Å². The number of aryl methyl sites for hydroxylation is 1. The minimum absolute atomic E-state index is 0.0945. The van der Waals surface area contributed by atoms with Gasteiger partial charge in [0.1, 0.15) is 6.54 Å². The number of methoxy groups -OCH3 is 2. The molecule has 1 aromatic rings. The maximum absolute atomic E-state index is 13.7. The third-order valence-corrected chi connectivity index (χ3v) is 7.75. The minimum Gasteiger partial charge on any atom is -0.379 e. The summed E-state index contributed by atoms with van der Waals surface area (Å²) in [6, 6.07) is 6.89. The summed E-state index contributed by atoms with van der Waals surface area (Å²) in [5.74, 6) is -0.782. The molecule has 0 bridgehead atoms. The number of nitrogens with zero attached hydrogens (tertiary/aromatic N) is 2. The Labute approximate surface area is 201 Å². The zero-order valence-electron chi connectivity index (χ0n) is 20.5. The number of imide groups is 1. The molecule has 3 aliphatic rings. The summed E-state index contributed by atoms with van der Waals surface area (Å²) < 4.78 is 11.3. The molecule has 4 atom stereocenters. The van der Waals surface area contributed by atoms with E-state index in [4.69, 9.17) is 9.47 Å². The van der Waals surface area contributed by atoms with Gasteiger partial charge in [0.2, 0.25) is 11.8 Å². The molecular weight excluding hydrogens is 434 g/mol. The number of hydrogen-bond acceptors (Lipinski definition) is 5. The Kier molecular flexibility index (Phi) is 7.88. The number of amides is 4. The average molecular weight is 472 g/mol. The van der Waals surface area contributed by atoms with Crippen LogP contribution in [0.3, 0.4) is 0 Å². The highest BCUT2D eigenvalue weighted by Crippen LogP contribution is 2.39. The van der Waals surface area contributed by atoms with Gasteiger partial charge in [-0.05, 0) is 49.8 Å². The Morgan fingerprint density at radius 2 is 1.65 bits per heavy atom. The zero-order valence-corrected chi connectivity index (χ0v) is 20.5. The number of fused-ring (bicyclic) bond motifs is 1. The lowest BCUT2D eigenvalue weighted by Gasteiger charge is -2.51. The first kappa shape index (κ1) is 24.7. The normalized spacial score (nSPS) is 28.1. The topological polar surface area (TPSA) is 88.2 Å². The van der Waals surface area contributed by atoms with Gasteiger partial charge in [-0.15, -0.1) is 0 Å².